The fraction of sp³-hybridized carbons (Fsp3) is 1.00. The molecular weight excluding hydrogens is 107 g/mol. The largest absolute Gasteiger partial charge is 0.374 e. The number of hydrogen-bond donors (Lipinski definition) is 1. The first-order valence-corrected chi connectivity index (χ1v) is 4.11. The zero-order valence-corrected chi connectivity index (χ0v) is 6.29. The molecule has 2 heteroatoms. The van der Waals surface area contributed by atoms with Crippen LogP contribution in [0.1, 0.15) is 20.8 Å². The standard InChI is InChI=1S/C5H13OP/c1-5(2,3)7(4)6/h6H,1-4H3. The van der Waals surface area contributed by atoms with Crippen molar-refractivity contribution in [2.75, 3.05) is 6.66 Å². The molecule has 0 amide bonds. The van der Waals surface area contributed by atoms with E-state index in [1.165, 1.54) is 0 Å². The number of hydrogen-bond acceptors (Lipinski definition) is 1. The lowest BCUT2D eigenvalue weighted by Gasteiger charge is -2.20. The molecule has 0 rings (SSSR count). The van der Waals surface area contributed by atoms with Gasteiger partial charge in [0.05, 0.1) is 0 Å². The summed E-state index contributed by atoms with van der Waals surface area (Å²) < 4.78 is 0. The van der Waals surface area contributed by atoms with Gasteiger partial charge < -0.3 is 4.89 Å². The summed E-state index contributed by atoms with van der Waals surface area (Å²) in [7, 11) is -0.742. The van der Waals surface area contributed by atoms with Gasteiger partial charge in [-0.25, -0.2) is 0 Å². The first-order valence-electron chi connectivity index (χ1n) is 2.37. The summed E-state index contributed by atoms with van der Waals surface area (Å²) in [5.41, 5.74) is 0. The highest BCUT2D eigenvalue weighted by Crippen LogP contribution is 2.40. The maximum Gasteiger partial charge on any atom is 0.0274 e. The molecule has 0 radical (unpaired) electrons. The van der Waals surface area contributed by atoms with Crippen molar-refractivity contribution < 1.29 is 4.89 Å². The van der Waals surface area contributed by atoms with Crippen LogP contribution in [0, 0.1) is 0 Å². The van der Waals surface area contributed by atoms with E-state index in [1.54, 1.807) is 0 Å². The Morgan fingerprint density at radius 3 is 1.43 bits per heavy atom. The molecule has 1 atom stereocenters. The van der Waals surface area contributed by atoms with Crippen LogP contribution in [-0.4, -0.2) is 16.7 Å². The molecule has 0 saturated carbocycles. The van der Waals surface area contributed by atoms with E-state index in [0.717, 1.165) is 0 Å². The van der Waals surface area contributed by atoms with Gasteiger partial charge in [0, 0.05) is 13.3 Å². The van der Waals surface area contributed by atoms with Gasteiger partial charge in [-0.1, -0.05) is 20.8 Å². The van der Waals surface area contributed by atoms with Crippen LogP contribution < -0.4 is 0 Å². The summed E-state index contributed by atoms with van der Waals surface area (Å²) in [5.74, 6) is 0. The van der Waals surface area contributed by atoms with E-state index in [4.69, 9.17) is 4.89 Å². The minimum atomic E-state index is -0.742. The Hall–Kier alpha value is 0.390. The summed E-state index contributed by atoms with van der Waals surface area (Å²) in [6.07, 6.45) is 0. The molecule has 0 spiro atoms. The molecule has 1 unspecified atom stereocenters. The van der Waals surface area contributed by atoms with Gasteiger partial charge in [0.15, 0.2) is 0 Å². The fourth-order valence-corrected chi connectivity index (χ4v) is 0. The molecular formula is C5H13OP. The van der Waals surface area contributed by atoms with Gasteiger partial charge in [0.25, 0.3) is 0 Å². The van der Waals surface area contributed by atoms with Crippen LogP contribution >= 0.6 is 8.15 Å². The SMILES string of the molecule is CP(O)C(C)(C)C. The Bertz CT molecular complexity index is 53.6. The second-order valence-electron chi connectivity index (χ2n) is 2.69. The molecule has 0 aliphatic heterocycles. The monoisotopic (exact) mass is 120 g/mol. The van der Waals surface area contributed by atoms with Crippen LogP contribution in [0.15, 0.2) is 0 Å². The zero-order chi connectivity index (χ0) is 6.08. The lowest BCUT2D eigenvalue weighted by Crippen LogP contribution is -2.09. The highest BCUT2D eigenvalue weighted by Gasteiger charge is 2.16. The summed E-state index contributed by atoms with van der Waals surface area (Å²) in [6, 6.07) is 0. The van der Waals surface area contributed by atoms with E-state index in [9.17, 15) is 0 Å². The van der Waals surface area contributed by atoms with Crippen molar-refractivity contribution in [1.82, 2.24) is 0 Å². The van der Waals surface area contributed by atoms with Crippen molar-refractivity contribution >= 4 is 8.15 Å². The first-order chi connectivity index (χ1) is 2.94. The van der Waals surface area contributed by atoms with Gasteiger partial charge in [-0.05, 0) is 6.66 Å². The molecule has 0 bridgehead atoms. The maximum atomic E-state index is 8.95. The normalized spacial score (nSPS) is 16.7. The molecule has 0 aromatic carbocycles. The van der Waals surface area contributed by atoms with E-state index < -0.39 is 8.15 Å². The lowest BCUT2D eigenvalue weighted by molar-refractivity contribution is 0.584. The zero-order valence-electron chi connectivity index (χ0n) is 5.39. The predicted octanol–water partition coefficient (Wildman–Crippen LogP) is 1.80. The maximum absolute atomic E-state index is 8.95. The third-order valence-corrected chi connectivity index (χ3v) is 2.91. The van der Waals surface area contributed by atoms with Crippen LogP contribution in [-0.2, 0) is 0 Å². The third kappa shape index (κ3) is 3.02. The molecule has 0 aliphatic carbocycles. The quantitative estimate of drug-likeness (QED) is 0.483. The first kappa shape index (κ1) is 7.39. The predicted molar refractivity (Wildman–Crippen MR) is 34.8 cm³/mol. The molecule has 0 heterocycles. The van der Waals surface area contributed by atoms with E-state index in [-0.39, 0.29) is 5.16 Å². The van der Waals surface area contributed by atoms with Crippen molar-refractivity contribution in [2.45, 2.75) is 25.9 Å². The highest BCUT2D eigenvalue weighted by atomic mass is 31.1. The Kier molecular flexibility index (Phi) is 2.22. The molecule has 7 heavy (non-hydrogen) atoms. The van der Waals surface area contributed by atoms with Crippen LogP contribution in [0.3, 0.4) is 0 Å². The lowest BCUT2D eigenvalue weighted by atomic mass is 10.3. The highest BCUT2D eigenvalue weighted by molar-refractivity contribution is 7.52. The van der Waals surface area contributed by atoms with Crippen molar-refractivity contribution in [3.63, 3.8) is 0 Å². The minimum Gasteiger partial charge on any atom is -0.374 e. The van der Waals surface area contributed by atoms with Crippen LogP contribution in [0.2, 0.25) is 0 Å². The average Bonchev–Trinajstić information content (AvgIpc) is 1.31. The van der Waals surface area contributed by atoms with Gasteiger partial charge in [0.2, 0.25) is 0 Å². The average molecular weight is 120 g/mol. The summed E-state index contributed by atoms with van der Waals surface area (Å²) in [5, 5.41) is 0.120. The summed E-state index contributed by atoms with van der Waals surface area (Å²) in [4.78, 5) is 8.95. The van der Waals surface area contributed by atoms with Gasteiger partial charge >= 0.3 is 0 Å². The van der Waals surface area contributed by atoms with Gasteiger partial charge in [-0.2, -0.15) is 0 Å². The van der Waals surface area contributed by atoms with Crippen molar-refractivity contribution in [1.29, 1.82) is 0 Å². The Balaban J connectivity index is 3.54. The van der Waals surface area contributed by atoms with Gasteiger partial charge in [-0.15, -0.1) is 0 Å². The number of rotatable bonds is 0. The third-order valence-electron chi connectivity index (χ3n) is 0.971. The fourth-order valence-electron chi connectivity index (χ4n) is 0. The van der Waals surface area contributed by atoms with Crippen LogP contribution in [0.25, 0.3) is 0 Å². The Morgan fingerprint density at radius 2 is 1.43 bits per heavy atom. The van der Waals surface area contributed by atoms with E-state index >= 15 is 0 Å². The van der Waals surface area contributed by atoms with E-state index in [2.05, 4.69) is 0 Å². The minimum absolute atomic E-state index is 0.120. The summed E-state index contributed by atoms with van der Waals surface area (Å²) >= 11 is 0. The molecule has 0 aromatic rings. The smallest absolute Gasteiger partial charge is 0.0274 e. The summed E-state index contributed by atoms with van der Waals surface area (Å²) in [6.45, 7) is 7.99. The van der Waals surface area contributed by atoms with E-state index in [0.29, 0.717) is 0 Å². The molecule has 0 saturated heterocycles. The topological polar surface area (TPSA) is 20.2 Å². The molecule has 0 fully saturated rings. The Morgan fingerprint density at radius 1 is 1.29 bits per heavy atom. The second kappa shape index (κ2) is 2.11. The van der Waals surface area contributed by atoms with Crippen LogP contribution in [0.4, 0.5) is 0 Å². The van der Waals surface area contributed by atoms with Crippen LogP contribution in [0.5, 0.6) is 0 Å². The van der Waals surface area contributed by atoms with Gasteiger partial charge in [-0.3, -0.25) is 0 Å². The van der Waals surface area contributed by atoms with Crippen molar-refractivity contribution in [3.8, 4) is 0 Å². The molecule has 1 N–H and O–H groups in total. The van der Waals surface area contributed by atoms with Crippen molar-refractivity contribution in [2.24, 2.45) is 0 Å². The second-order valence-corrected chi connectivity index (χ2v) is 5.08. The molecule has 44 valence electrons. The van der Waals surface area contributed by atoms with Gasteiger partial charge in [0.1, 0.15) is 0 Å². The van der Waals surface area contributed by atoms with Crippen molar-refractivity contribution in [3.05, 3.63) is 0 Å². The molecule has 1 nitrogen and oxygen atoms in total. The Labute approximate surface area is 46.6 Å². The molecule has 0 aliphatic rings. The molecule has 0 aromatic heterocycles. The van der Waals surface area contributed by atoms with E-state index in [1.807, 2.05) is 27.4 Å².